The molecular weight excluding hydrogens is 419 g/mol. The Bertz CT molecular complexity index is 919. The molecule has 30 heavy (non-hydrogen) atoms. The first-order valence-corrected chi connectivity index (χ1v) is 9.66. The zero-order valence-corrected chi connectivity index (χ0v) is 17.6. The third kappa shape index (κ3) is 6.21. The number of aryl methyl sites for hydroxylation is 1. The van der Waals surface area contributed by atoms with Gasteiger partial charge in [0.2, 0.25) is 11.8 Å². The van der Waals surface area contributed by atoms with Crippen LogP contribution in [0.2, 0.25) is 5.02 Å². The molecule has 1 atom stereocenters. The van der Waals surface area contributed by atoms with E-state index in [2.05, 4.69) is 10.6 Å². The number of para-hydroxylation sites is 1. The van der Waals surface area contributed by atoms with Crippen LogP contribution >= 0.6 is 11.6 Å². The smallest absolute Gasteiger partial charge is 0.325 e. The average Bonchev–Trinajstić information content (AvgIpc) is 2.68. The van der Waals surface area contributed by atoms with Crippen LogP contribution in [0.3, 0.4) is 0 Å². The minimum Gasteiger partial charge on any atom is -0.325 e. The Hall–Kier alpha value is -2.58. The van der Waals surface area contributed by atoms with Crippen LogP contribution in [-0.4, -0.2) is 36.3 Å². The van der Waals surface area contributed by atoms with E-state index >= 15 is 0 Å². The Morgan fingerprint density at radius 2 is 1.80 bits per heavy atom. The predicted octanol–water partition coefficient (Wildman–Crippen LogP) is 4.82. The number of nitrogens with zero attached hydrogens (tertiary/aromatic N) is 1. The first-order chi connectivity index (χ1) is 14.0. The normalized spacial score (nSPS) is 12.5. The molecule has 0 fully saturated rings. The van der Waals surface area contributed by atoms with Gasteiger partial charge in [0.1, 0.15) is 0 Å². The van der Waals surface area contributed by atoms with Crippen molar-refractivity contribution in [2.24, 2.45) is 0 Å². The van der Waals surface area contributed by atoms with Gasteiger partial charge >= 0.3 is 6.18 Å². The number of carbonyl (C=O) groups excluding carboxylic acids is 2. The highest BCUT2D eigenvalue weighted by Crippen LogP contribution is 2.36. The molecule has 2 N–H and O–H groups in total. The molecule has 0 bridgehead atoms. The third-order valence-corrected chi connectivity index (χ3v) is 4.97. The molecule has 162 valence electrons. The van der Waals surface area contributed by atoms with Crippen molar-refractivity contribution in [2.75, 3.05) is 24.2 Å². The Labute approximate surface area is 178 Å². The van der Waals surface area contributed by atoms with Gasteiger partial charge in [-0.25, -0.2) is 0 Å². The minimum atomic E-state index is -4.63. The fourth-order valence-electron chi connectivity index (χ4n) is 2.77. The van der Waals surface area contributed by atoms with Crippen molar-refractivity contribution in [3.63, 3.8) is 0 Å². The van der Waals surface area contributed by atoms with E-state index in [0.29, 0.717) is 5.69 Å². The summed E-state index contributed by atoms with van der Waals surface area (Å²) < 4.78 is 38.9. The molecule has 0 spiro atoms. The van der Waals surface area contributed by atoms with Crippen LogP contribution in [0.15, 0.2) is 42.5 Å². The van der Waals surface area contributed by atoms with Gasteiger partial charge in [-0.2, -0.15) is 13.2 Å². The van der Waals surface area contributed by atoms with Gasteiger partial charge in [0, 0.05) is 11.4 Å². The van der Waals surface area contributed by atoms with E-state index < -0.39 is 28.7 Å². The van der Waals surface area contributed by atoms with Crippen molar-refractivity contribution in [1.82, 2.24) is 4.90 Å². The standard InChI is InChI=1S/C21H23ClF3N3O2/c1-4-14-7-5-6-8-18(14)27-19(29)12-28(3)13(2)20(30)26-15-9-10-17(22)16(11-15)21(23,24)25/h5-11,13H,4,12H2,1-3H3,(H,26,30)(H,27,29)/t13-/m0/s1. The van der Waals surface area contributed by atoms with Crippen LogP contribution in [0.4, 0.5) is 24.5 Å². The van der Waals surface area contributed by atoms with Crippen molar-refractivity contribution in [1.29, 1.82) is 0 Å². The van der Waals surface area contributed by atoms with E-state index in [1.54, 1.807) is 20.0 Å². The lowest BCUT2D eigenvalue weighted by atomic mass is 10.1. The van der Waals surface area contributed by atoms with Crippen molar-refractivity contribution < 1.29 is 22.8 Å². The summed E-state index contributed by atoms with van der Waals surface area (Å²) in [4.78, 5) is 26.3. The van der Waals surface area contributed by atoms with E-state index in [1.165, 1.54) is 11.0 Å². The van der Waals surface area contributed by atoms with Crippen molar-refractivity contribution in [3.05, 3.63) is 58.6 Å². The number of hydrogen-bond acceptors (Lipinski definition) is 3. The number of alkyl halides is 3. The molecule has 0 saturated carbocycles. The van der Waals surface area contributed by atoms with Crippen molar-refractivity contribution in [2.45, 2.75) is 32.5 Å². The summed E-state index contributed by atoms with van der Waals surface area (Å²) in [7, 11) is 1.58. The van der Waals surface area contributed by atoms with Gasteiger partial charge in [-0.05, 0) is 50.2 Å². The molecule has 0 aliphatic heterocycles. The van der Waals surface area contributed by atoms with Gasteiger partial charge in [-0.3, -0.25) is 14.5 Å². The molecule has 2 aromatic rings. The van der Waals surface area contributed by atoms with Gasteiger partial charge in [0.25, 0.3) is 0 Å². The molecule has 0 radical (unpaired) electrons. The molecule has 9 heteroatoms. The fraction of sp³-hybridized carbons (Fsp3) is 0.333. The molecule has 2 amide bonds. The summed E-state index contributed by atoms with van der Waals surface area (Å²) in [6.07, 6.45) is -3.88. The van der Waals surface area contributed by atoms with Crippen molar-refractivity contribution >= 4 is 34.8 Å². The quantitative estimate of drug-likeness (QED) is 0.647. The molecule has 2 rings (SSSR count). The lowest BCUT2D eigenvalue weighted by Gasteiger charge is -2.23. The third-order valence-electron chi connectivity index (χ3n) is 4.65. The Morgan fingerprint density at radius 3 is 2.43 bits per heavy atom. The average molecular weight is 442 g/mol. The second kappa shape index (κ2) is 9.95. The van der Waals surface area contributed by atoms with Gasteiger partial charge in [-0.15, -0.1) is 0 Å². The first kappa shape index (κ1) is 23.7. The van der Waals surface area contributed by atoms with Gasteiger partial charge in [0.15, 0.2) is 0 Å². The van der Waals surface area contributed by atoms with Gasteiger partial charge < -0.3 is 10.6 Å². The SMILES string of the molecule is CCc1ccccc1NC(=O)CN(C)[C@@H](C)C(=O)Nc1ccc(Cl)c(C(F)(F)F)c1. The Kier molecular flexibility index (Phi) is 7.86. The summed E-state index contributed by atoms with van der Waals surface area (Å²) in [6.45, 7) is 3.47. The predicted molar refractivity (Wildman–Crippen MR) is 112 cm³/mol. The van der Waals surface area contributed by atoms with Gasteiger partial charge in [0.05, 0.1) is 23.2 Å². The Balaban J connectivity index is 1.99. The monoisotopic (exact) mass is 441 g/mol. The van der Waals surface area contributed by atoms with E-state index in [-0.39, 0.29) is 18.1 Å². The number of nitrogens with one attached hydrogen (secondary N) is 2. The number of benzene rings is 2. The van der Waals surface area contributed by atoms with Crippen LogP contribution in [0.25, 0.3) is 0 Å². The zero-order valence-electron chi connectivity index (χ0n) is 16.8. The lowest BCUT2D eigenvalue weighted by Crippen LogP contribution is -2.43. The molecule has 5 nitrogen and oxygen atoms in total. The fourth-order valence-corrected chi connectivity index (χ4v) is 3.00. The summed E-state index contributed by atoms with van der Waals surface area (Å²) in [5, 5.41) is 4.80. The van der Waals surface area contributed by atoms with Gasteiger partial charge in [-0.1, -0.05) is 36.7 Å². The lowest BCUT2D eigenvalue weighted by molar-refractivity contribution is -0.137. The number of carbonyl (C=O) groups is 2. The minimum absolute atomic E-state index is 0.0294. The Morgan fingerprint density at radius 1 is 1.13 bits per heavy atom. The van der Waals surface area contributed by atoms with E-state index in [4.69, 9.17) is 11.6 Å². The highest BCUT2D eigenvalue weighted by Gasteiger charge is 2.33. The number of anilines is 2. The molecule has 2 aromatic carbocycles. The first-order valence-electron chi connectivity index (χ1n) is 9.28. The second-order valence-electron chi connectivity index (χ2n) is 6.83. The molecule has 0 heterocycles. The van der Waals surface area contributed by atoms with E-state index in [1.807, 2.05) is 25.1 Å². The maximum absolute atomic E-state index is 13.0. The van der Waals surface area contributed by atoms with Crippen LogP contribution in [0, 0.1) is 0 Å². The summed E-state index contributed by atoms with van der Waals surface area (Å²) >= 11 is 5.59. The highest BCUT2D eigenvalue weighted by atomic mass is 35.5. The zero-order chi connectivity index (χ0) is 22.5. The number of rotatable bonds is 7. The number of halogens is 4. The number of hydrogen-bond donors (Lipinski definition) is 2. The van der Waals surface area contributed by atoms with Crippen molar-refractivity contribution in [3.8, 4) is 0 Å². The number of likely N-dealkylation sites (N-methyl/N-ethyl adjacent to an activating group) is 1. The maximum Gasteiger partial charge on any atom is 0.417 e. The van der Waals surface area contributed by atoms with Crippen LogP contribution < -0.4 is 10.6 Å². The molecule has 0 saturated heterocycles. The molecular formula is C21H23ClF3N3O2. The molecule has 0 unspecified atom stereocenters. The number of amides is 2. The molecule has 0 aliphatic rings. The van der Waals surface area contributed by atoms with Crippen LogP contribution in [0.5, 0.6) is 0 Å². The molecule has 0 aliphatic carbocycles. The van der Waals surface area contributed by atoms with Crippen LogP contribution in [-0.2, 0) is 22.2 Å². The summed E-state index contributed by atoms with van der Waals surface area (Å²) in [5.74, 6) is -0.849. The van der Waals surface area contributed by atoms with E-state index in [9.17, 15) is 22.8 Å². The summed E-state index contributed by atoms with van der Waals surface area (Å²) in [5.41, 5.74) is 0.633. The second-order valence-corrected chi connectivity index (χ2v) is 7.24. The maximum atomic E-state index is 13.0. The largest absolute Gasteiger partial charge is 0.417 e. The highest BCUT2D eigenvalue weighted by molar-refractivity contribution is 6.31. The van der Waals surface area contributed by atoms with E-state index in [0.717, 1.165) is 24.1 Å². The molecule has 0 aromatic heterocycles. The summed E-state index contributed by atoms with van der Waals surface area (Å²) in [6, 6.07) is 9.79. The topological polar surface area (TPSA) is 61.4 Å². The van der Waals surface area contributed by atoms with Crippen LogP contribution in [0.1, 0.15) is 25.0 Å².